The number of carbonyl (C=O) groups excluding carboxylic acids is 2. The van der Waals surface area contributed by atoms with E-state index in [4.69, 9.17) is 4.74 Å². The molecule has 1 heterocycles. The van der Waals surface area contributed by atoms with Crippen LogP contribution in [0.3, 0.4) is 0 Å². The van der Waals surface area contributed by atoms with Crippen molar-refractivity contribution >= 4 is 17.4 Å². The van der Waals surface area contributed by atoms with E-state index in [1.807, 2.05) is 18.2 Å². The zero-order chi connectivity index (χ0) is 20.5. The van der Waals surface area contributed by atoms with Crippen molar-refractivity contribution in [2.75, 3.05) is 21.2 Å². The van der Waals surface area contributed by atoms with Gasteiger partial charge in [-0.05, 0) is 50.1 Å². The Bertz CT molecular complexity index is 958. The van der Waals surface area contributed by atoms with Crippen LogP contribution in [0.1, 0.15) is 45.7 Å². The van der Waals surface area contributed by atoms with Crippen LogP contribution in [0.25, 0.3) is 5.70 Å². The van der Waals surface area contributed by atoms with E-state index >= 15 is 0 Å². The third-order valence-corrected chi connectivity index (χ3v) is 4.79. The van der Waals surface area contributed by atoms with Gasteiger partial charge in [-0.2, -0.15) is 0 Å². The van der Waals surface area contributed by atoms with Crippen molar-refractivity contribution in [3.8, 4) is 5.75 Å². The molecule has 0 aromatic heterocycles. The van der Waals surface area contributed by atoms with Gasteiger partial charge in [0.15, 0.2) is 5.78 Å². The molecule has 0 fully saturated rings. The molecule has 2 aromatic carbocycles. The van der Waals surface area contributed by atoms with Crippen LogP contribution in [-0.4, -0.2) is 43.3 Å². The summed E-state index contributed by atoms with van der Waals surface area (Å²) in [5, 5.41) is 3.47. The van der Waals surface area contributed by atoms with Gasteiger partial charge in [0.2, 0.25) is 0 Å². The van der Waals surface area contributed by atoms with Gasteiger partial charge in [-0.1, -0.05) is 18.2 Å². The molecule has 0 bridgehead atoms. The highest BCUT2D eigenvalue weighted by Crippen LogP contribution is 2.32. The number of hydrogen-bond donors (Lipinski definition) is 1. The summed E-state index contributed by atoms with van der Waals surface area (Å²) in [4.78, 5) is 26.7. The van der Waals surface area contributed by atoms with Gasteiger partial charge in [-0.15, -0.1) is 0 Å². The number of rotatable bonds is 4. The molecular weight excluding hydrogens is 352 g/mol. The largest absolute Gasteiger partial charge is 0.497 e. The maximum absolute atomic E-state index is 13.0. The number of carbonyl (C=O) groups is 2. The second-order valence-electron chi connectivity index (χ2n) is 7.91. The van der Waals surface area contributed by atoms with E-state index in [9.17, 15) is 9.59 Å². The van der Waals surface area contributed by atoms with Crippen molar-refractivity contribution < 1.29 is 14.3 Å². The second-order valence-corrected chi connectivity index (χ2v) is 7.91. The lowest BCUT2D eigenvalue weighted by atomic mass is 9.85. The van der Waals surface area contributed by atoms with Gasteiger partial charge in [0.25, 0.3) is 5.91 Å². The number of fused-ring (bicyclic) bond motifs is 1. The highest BCUT2D eigenvalue weighted by atomic mass is 16.5. The molecule has 1 N–H and O–H groups in total. The maximum Gasteiger partial charge on any atom is 0.253 e. The van der Waals surface area contributed by atoms with E-state index in [-0.39, 0.29) is 17.2 Å². The van der Waals surface area contributed by atoms with E-state index < -0.39 is 0 Å². The lowest BCUT2D eigenvalue weighted by Gasteiger charge is -2.35. The zero-order valence-electron chi connectivity index (χ0n) is 17.0. The highest BCUT2D eigenvalue weighted by molar-refractivity contribution is 6.10. The van der Waals surface area contributed by atoms with Gasteiger partial charge in [-0.3, -0.25) is 9.59 Å². The molecule has 0 spiro atoms. The van der Waals surface area contributed by atoms with E-state index in [2.05, 4.69) is 19.2 Å². The van der Waals surface area contributed by atoms with E-state index in [0.29, 0.717) is 11.1 Å². The fourth-order valence-corrected chi connectivity index (χ4v) is 3.43. The normalized spacial score (nSPS) is 16.1. The average molecular weight is 378 g/mol. The summed E-state index contributed by atoms with van der Waals surface area (Å²) in [6, 6.07) is 12.8. The first-order valence-electron chi connectivity index (χ1n) is 9.23. The van der Waals surface area contributed by atoms with Gasteiger partial charge < -0.3 is 15.0 Å². The Kier molecular flexibility index (Phi) is 5.27. The second kappa shape index (κ2) is 7.50. The number of benzene rings is 2. The van der Waals surface area contributed by atoms with Gasteiger partial charge in [0.05, 0.1) is 7.11 Å². The number of methoxy groups -OCH3 is 1. The van der Waals surface area contributed by atoms with Crippen LogP contribution in [0.15, 0.2) is 48.5 Å². The summed E-state index contributed by atoms with van der Waals surface area (Å²) in [5.41, 5.74) is 3.70. The van der Waals surface area contributed by atoms with E-state index in [1.54, 1.807) is 51.5 Å². The summed E-state index contributed by atoms with van der Waals surface area (Å²) >= 11 is 0. The standard InChI is InChI=1S/C23H26N2O3/c1-23(2)14-17-9-10-18(28-5)12-19(17)20(24-23)13-21(26)15-7-6-8-16(11-15)22(27)25(3)4/h6-13,24H,14H2,1-5H3/b20-13-. The average Bonchev–Trinajstić information content (AvgIpc) is 2.66. The van der Waals surface area contributed by atoms with Crippen LogP contribution >= 0.6 is 0 Å². The molecule has 3 rings (SSSR count). The van der Waals surface area contributed by atoms with Gasteiger partial charge in [0, 0.05) is 48.1 Å². The van der Waals surface area contributed by atoms with Gasteiger partial charge in [0.1, 0.15) is 5.75 Å². The molecule has 1 aliphatic rings. The van der Waals surface area contributed by atoms with Crippen LogP contribution < -0.4 is 10.1 Å². The topological polar surface area (TPSA) is 58.6 Å². The number of nitrogens with zero attached hydrogens (tertiary/aromatic N) is 1. The fraction of sp³-hybridized carbons (Fsp3) is 0.304. The molecule has 1 amide bonds. The SMILES string of the molecule is COc1ccc2c(c1)/C(=C/C(=O)c1cccc(C(=O)N(C)C)c1)NC(C)(C)C2. The summed E-state index contributed by atoms with van der Waals surface area (Å²) in [5.74, 6) is 0.467. The third-order valence-electron chi connectivity index (χ3n) is 4.79. The van der Waals surface area contributed by atoms with Crippen LogP contribution in [0.4, 0.5) is 0 Å². The summed E-state index contributed by atoms with van der Waals surface area (Å²) in [7, 11) is 5.01. The lowest BCUT2D eigenvalue weighted by Crippen LogP contribution is -2.43. The Balaban J connectivity index is 2.00. The molecule has 0 saturated heterocycles. The van der Waals surface area contributed by atoms with Crippen molar-refractivity contribution in [2.24, 2.45) is 0 Å². The molecule has 5 heteroatoms. The molecule has 0 saturated carbocycles. The number of ether oxygens (including phenoxy) is 1. The summed E-state index contributed by atoms with van der Waals surface area (Å²) < 4.78 is 5.35. The van der Waals surface area contributed by atoms with Gasteiger partial charge in [-0.25, -0.2) is 0 Å². The first kappa shape index (κ1) is 19.7. The molecule has 1 aliphatic heterocycles. The lowest BCUT2D eigenvalue weighted by molar-refractivity contribution is 0.0827. The fourth-order valence-electron chi connectivity index (χ4n) is 3.43. The van der Waals surface area contributed by atoms with Crippen LogP contribution in [0, 0.1) is 0 Å². The van der Waals surface area contributed by atoms with Crippen molar-refractivity contribution in [2.45, 2.75) is 25.8 Å². The van der Waals surface area contributed by atoms with Crippen molar-refractivity contribution in [3.05, 3.63) is 70.8 Å². The molecule has 0 aliphatic carbocycles. The van der Waals surface area contributed by atoms with E-state index in [1.165, 1.54) is 10.5 Å². The predicted octanol–water partition coefficient (Wildman–Crippen LogP) is 3.55. The van der Waals surface area contributed by atoms with Crippen molar-refractivity contribution in [1.29, 1.82) is 0 Å². The minimum Gasteiger partial charge on any atom is -0.497 e. The molecule has 5 nitrogen and oxygen atoms in total. The predicted molar refractivity (Wildman–Crippen MR) is 111 cm³/mol. The Morgan fingerprint density at radius 2 is 1.82 bits per heavy atom. The molecule has 28 heavy (non-hydrogen) atoms. The number of ketones is 1. The Labute approximate surface area is 166 Å². The van der Waals surface area contributed by atoms with Gasteiger partial charge >= 0.3 is 0 Å². The minimum absolute atomic E-state index is 0.130. The molecule has 146 valence electrons. The quantitative estimate of drug-likeness (QED) is 0.653. The smallest absolute Gasteiger partial charge is 0.253 e. The Morgan fingerprint density at radius 1 is 1.11 bits per heavy atom. The third kappa shape index (κ3) is 4.09. The minimum atomic E-state index is -0.170. The molecular formula is C23H26N2O3. The number of allylic oxidation sites excluding steroid dienone is 1. The number of nitrogens with one attached hydrogen (secondary N) is 1. The highest BCUT2D eigenvalue weighted by Gasteiger charge is 2.28. The maximum atomic E-state index is 13.0. The summed E-state index contributed by atoms with van der Waals surface area (Å²) in [6.45, 7) is 4.21. The molecule has 0 radical (unpaired) electrons. The van der Waals surface area contributed by atoms with Crippen LogP contribution in [-0.2, 0) is 6.42 Å². The van der Waals surface area contributed by atoms with Crippen LogP contribution in [0.5, 0.6) is 5.75 Å². The first-order valence-corrected chi connectivity index (χ1v) is 9.23. The zero-order valence-corrected chi connectivity index (χ0v) is 17.0. The van der Waals surface area contributed by atoms with Crippen molar-refractivity contribution in [3.63, 3.8) is 0 Å². The Morgan fingerprint density at radius 3 is 2.50 bits per heavy atom. The molecule has 2 aromatic rings. The summed E-state index contributed by atoms with van der Waals surface area (Å²) in [6.07, 6.45) is 2.46. The first-order chi connectivity index (χ1) is 13.2. The monoisotopic (exact) mass is 378 g/mol. The molecule has 0 atom stereocenters. The van der Waals surface area contributed by atoms with Crippen molar-refractivity contribution in [1.82, 2.24) is 10.2 Å². The molecule has 0 unspecified atom stereocenters. The van der Waals surface area contributed by atoms with Crippen LogP contribution in [0.2, 0.25) is 0 Å². The number of hydrogen-bond acceptors (Lipinski definition) is 4. The number of amides is 1. The van der Waals surface area contributed by atoms with E-state index in [0.717, 1.165) is 23.4 Å². The Hall–Kier alpha value is -3.08.